The minimum Gasteiger partial charge on any atom is -0.381 e. The third kappa shape index (κ3) is 4.66. The number of nitrogens with zero attached hydrogens (tertiary/aromatic N) is 1. The first-order valence-corrected chi connectivity index (χ1v) is 10.2. The highest BCUT2D eigenvalue weighted by atomic mass is 19.1. The van der Waals surface area contributed by atoms with Gasteiger partial charge in [-0.15, -0.1) is 0 Å². The maximum Gasteiger partial charge on any atom is 0.226 e. The summed E-state index contributed by atoms with van der Waals surface area (Å²) in [5, 5.41) is 7.14. The van der Waals surface area contributed by atoms with Crippen molar-refractivity contribution in [3.05, 3.63) is 41.9 Å². The van der Waals surface area contributed by atoms with Crippen molar-refractivity contribution in [1.29, 1.82) is 0 Å². The van der Waals surface area contributed by atoms with E-state index >= 15 is 0 Å². The zero-order valence-electron chi connectivity index (χ0n) is 16.4. The lowest BCUT2D eigenvalue weighted by Crippen LogP contribution is -2.46. The highest BCUT2D eigenvalue weighted by molar-refractivity contribution is 5.83. The van der Waals surface area contributed by atoms with Crippen LogP contribution in [0.15, 0.2) is 34.9 Å². The largest absolute Gasteiger partial charge is 0.381 e. The average molecular weight is 402 g/mol. The normalized spacial score (nSPS) is 19.3. The number of nitrogens with one attached hydrogen (secondary N) is 3. The van der Waals surface area contributed by atoms with Crippen LogP contribution in [-0.4, -0.2) is 43.9 Å². The molecule has 0 saturated carbocycles. The Hall–Kier alpha value is -2.29. The Morgan fingerprint density at radius 2 is 2.00 bits per heavy atom. The molecule has 0 atom stereocenters. The third-order valence-electron chi connectivity index (χ3n) is 5.90. The Labute approximate surface area is 169 Å². The van der Waals surface area contributed by atoms with Crippen molar-refractivity contribution in [3.63, 3.8) is 0 Å². The van der Waals surface area contributed by atoms with Crippen LogP contribution in [0.5, 0.6) is 0 Å². The second-order valence-corrected chi connectivity index (χ2v) is 7.90. The molecule has 1 aromatic heterocycles. The number of hydrogen-bond donors (Lipinski definition) is 3. The number of ether oxygens (including phenoxy) is 1. The van der Waals surface area contributed by atoms with Gasteiger partial charge in [-0.05, 0) is 37.3 Å². The van der Waals surface area contributed by atoms with E-state index in [0.29, 0.717) is 62.0 Å². The van der Waals surface area contributed by atoms with E-state index in [1.54, 1.807) is 24.3 Å². The van der Waals surface area contributed by atoms with Crippen molar-refractivity contribution in [1.82, 2.24) is 21.3 Å². The van der Waals surface area contributed by atoms with E-state index in [0.717, 1.165) is 19.5 Å². The molecule has 3 N–H and O–H groups in total. The topological polar surface area (TPSA) is 88.4 Å². The van der Waals surface area contributed by atoms with Gasteiger partial charge in [-0.3, -0.25) is 15.6 Å². The Balaban J connectivity index is 1.44. The number of halogens is 1. The molecule has 8 heteroatoms. The van der Waals surface area contributed by atoms with Gasteiger partial charge in [0.15, 0.2) is 0 Å². The van der Waals surface area contributed by atoms with Crippen LogP contribution in [0.1, 0.15) is 25.0 Å². The molecule has 0 radical (unpaired) electrons. The minimum absolute atomic E-state index is 0.0311. The summed E-state index contributed by atoms with van der Waals surface area (Å²) in [7, 11) is 0. The molecule has 0 spiro atoms. The van der Waals surface area contributed by atoms with E-state index in [9.17, 15) is 9.18 Å². The summed E-state index contributed by atoms with van der Waals surface area (Å²) in [6.45, 7) is 3.57. The molecule has 1 amide bonds. The van der Waals surface area contributed by atoms with Crippen molar-refractivity contribution in [2.45, 2.75) is 25.7 Å². The highest BCUT2D eigenvalue weighted by Gasteiger charge is 2.41. The molecular formula is C21H27FN4O3. The molecule has 0 bridgehead atoms. The lowest BCUT2D eigenvalue weighted by Gasteiger charge is -2.35. The number of benzene rings is 1. The van der Waals surface area contributed by atoms with Gasteiger partial charge in [-0.2, -0.15) is 0 Å². The Morgan fingerprint density at radius 3 is 2.76 bits per heavy atom. The van der Waals surface area contributed by atoms with Crippen LogP contribution >= 0.6 is 0 Å². The molecule has 7 nitrogen and oxygen atoms in total. The highest BCUT2D eigenvalue weighted by Crippen LogP contribution is 2.36. The fourth-order valence-electron chi connectivity index (χ4n) is 4.06. The number of carbonyl (C=O) groups excluding carboxylic acids is 1. The van der Waals surface area contributed by atoms with Crippen molar-refractivity contribution in [2.24, 2.45) is 11.3 Å². The van der Waals surface area contributed by atoms with Crippen molar-refractivity contribution in [2.75, 3.05) is 32.8 Å². The third-order valence-corrected chi connectivity index (χ3v) is 5.90. The average Bonchev–Trinajstić information content (AvgIpc) is 3.41. The lowest BCUT2D eigenvalue weighted by molar-refractivity contribution is -0.137. The van der Waals surface area contributed by atoms with Crippen molar-refractivity contribution in [3.8, 4) is 11.3 Å². The van der Waals surface area contributed by atoms with E-state index in [1.165, 1.54) is 6.07 Å². The van der Waals surface area contributed by atoms with Crippen molar-refractivity contribution >= 4 is 5.91 Å². The predicted octanol–water partition coefficient (Wildman–Crippen LogP) is 2.05. The first-order chi connectivity index (χ1) is 14.2. The molecule has 2 aliphatic rings. The zero-order valence-corrected chi connectivity index (χ0v) is 16.4. The van der Waals surface area contributed by atoms with E-state index in [2.05, 4.69) is 21.3 Å². The molecule has 0 aliphatic carbocycles. The lowest BCUT2D eigenvalue weighted by atomic mass is 9.75. The van der Waals surface area contributed by atoms with Gasteiger partial charge in [-0.25, -0.2) is 4.39 Å². The number of hydrogen-bond acceptors (Lipinski definition) is 6. The molecule has 2 aromatic rings. The molecule has 29 heavy (non-hydrogen) atoms. The molecule has 2 aliphatic heterocycles. The second kappa shape index (κ2) is 9.02. The summed E-state index contributed by atoms with van der Waals surface area (Å²) in [6.07, 6.45) is 2.61. The number of aromatic nitrogens is 1. The molecule has 2 fully saturated rings. The van der Waals surface area contributed by atoms with Crippen LogP contribution in [0.4, 0.5) is 4.39 Å². The standard InChI is InChI=1S/C21H27FN4O3/c22-18-4-2-1-3-17(18)19-11-16(29-26-19)12-21(6-9-28-10-7-21)20(27)23-8-5-15-13-24-25-14-15/h1-4,11,15,24-25H,5-10,12-14H2,(H,23,27). The molecule has 3 heterocycles. The van der Waals surface area contributed by atoms with Crippen LogP contribution in [0, 0.1) is 17.2 Å². The van der Waals surface area contributed by atoms with Gasteiger partial charge >= 0.3 is 0 Å². The van der Waals surface area contributed by atoms with Crippen LogP contribution in [0.25, 0.3) is 11.3 Å². The van der Waals surface area contributed by atoms with Gasteiger partial charge < -0.3 is 14.6 Å². The summed E-state index contributed by atoms with van der Waals surface area (Å²) >= 11 is 0. The maximum absolute atomic E-state index is 14.0. The van der Waals surface area contributed by atoms with E-state index in [1.807, 2.05) is 0 Å². The molecule has 1 aromatic carbocycles. The van der Waals surface area contributed by atoms with E-state index < -0.39 is 5.41 Å². The maximum atomic E-state index is 14.0. The Kier molecular flexibility index (Phi) is 6.22. The second-order valence-electron chi connectivity index (χ2n) is 7.90. The summed E-state index contributed by atoms with van der Waals surface area (Å²) in [6, 6.07) is 8.19. The predicted molar refractivity (Wildman–Crippen MR) is 105 cm³/mol. The van der Waals surface area contributed by atoms with E-state index in [-0.39, 0.29) is 11.7 Å². The molecule has 4 rings (SSSR count). The van der Waals surface area contributed by atoms with Crippen LogP contribution in [0.3, 0.4) is 0 Å². The smallest absolute Gasteiger partial charge is 0.226 e. The zero-order chi connectivity index (χ0) is 20.1. The molecule has 156 valence electrons. The van der Waals surface area contributed by atoms with Gasteiger partial charge in [0.2, 0.25) is 5.91 Å². The van der Waals surface area contributed by atoms with Crippen molar-refractivity contribution < 1.29 is 18.4 Å². The minimum atomic E-state index is -0.587. The SMILES string of the molecule is O=C(NCCC1CNNC1)C1(Cc2cc(-c3ccccc3F)no2)CCOCC1. The number of hydrazine groups is 1. The fourth-order valence-corrected chi connectivity index (χ4v) is 4.06. The fraction of sp³-hybridized carbons (Fsp3) is 0.524. The Bertz CT molecular complexity index is 829. The monoisotopic (exact) mass is 402 g/mol. The van der Waals surface area contributed by atoms with E-state index in [4.69, 9.17) is 9.26 Å². The van der Waals surface area contributed by atoms with Crippen LogP contribution in [-0.2, 0) is 16.0 Å². The number of amides is 1. The van der Waals surface area contributed by atoms with Gasteiger partial charge in [0.25, 0.3) is 0 Å². The summed E-state index contributed by atoms with van der Waals surface area (Å²) in [4.78, 5) is 13.1. The Morgan fingerprint density at radius 1 is 1.24 bits per heavy atom. The molecular weight excluding hydrogens is 375 g/mol. The molecule has 2 saturated heterocycles. The van der Waals surface area contributed by atoms with Gasteiger partial charge in [-0.1, -0.05) is 17.3 Å². The quantitative estimate of drug-likeness (QED) is 0.657. The summed E-state index contributed by atoms with van der Waals surface area (Å²) in [5.74, 6) is 0.799. The first kappa shape index (κ1) is 20.0. The number of carbonyl (C=O) groups is 1. The van der Waals surface area contributed by atoms with Crippen LogP contribution in [0.2, 0.25) is 0 Å². The first-order valence-electron chi connectivity index (χ1n) is 10.2. The molecule has 0 unspecified atom stereocenters. The van der Waals surface area contributed by atoms with Gasteiger partial charge in [0.1, 0.15) is 17.3 Å². The van der Waals surface area contributed by atoms with Gasteiger partial charge in [0, 0.05) is 50.9 Å². The number of rotatable bonds is 7. The van der Waals surface area contributed by atoms with Gasteiger partial charge in [0.05, 0.1) is 5.41 Å². The summed E-state index contributed by atoms with van der Waals surface area (Å²) < 4.78 is 25.0. The van der Waals surface area contributed by atoms with Crippen LogP contribution < -0.4 is 16.2 Å². The summed E-state index contributed by atoms with van der Waals surface area (Å²) in [5.41, 5.74) is 6.47.